The molecule has 0 heterocycles. The molecule has 2 rings (SSSR count). The van der Waals surface area contributed by atoms with Gasteiger partial charge in [0.05, 0.1) is 17.3 Å². The van der Waals surface area contributed by atoms with Crippen molar-refractivity contribution in [3.63, 3.8) is 0 Å². The van der Waals surface area contributed by atoms with Gasteiger partial charge in [0.25, 0.3) is 5.91 Å². The molecule has 1 amide bonds. The van der Waals surface area contributed by atoms with E-state index in [0.29, 0.717) is 17.0 Å². The number of hydrogen-bond acceptors (Lipinski definition) is 3. The van der Waals surface area contributed by atoms with Crippen LogP contribution in [0.2, 0.25) is 0 Å². The molecule has 4 nitrogen and oxygen atoms in total. The number of phenolic OH excluding ortho intramolecular Hbond substituents is 1. The molecule has 0 bridgehead atoms. The summed E-state index contributed by atoms with van der Waals surface area (Å²) < 4.78 is 6.71. The predicted octanol–water partition coefficient (Wildman–Crippen LogP) is 4.49. The summed E-state index contributed by atoms with van der Waals surface area (Å²) in [5, 5.41) is 12.5. The van der Waals surface area contributed by atoms with Gasteiger partial charge in [-0.25, -0.2) is 0 Å². The van der Waals surface area contributed by atoms with Gasteiger partial charge in [-0.2, -0.15) is 0 Å². The Hall–Kier alpha value is -1.53. The molecule has 0 spiro atoms. The van der Waals surface area contributed by atoms with Gasteiger partial charge in [-0.1, -0.05) is 6.07 Å². The lowest BCUT2D eigenvalue weighted by molar-refractivity contribution is 0.102. The largest absolute Gasteiger partial charge is 0.508 e. The number of anilines is 1. The average Bonchev–Trinajstić information content (AvgIpc) is 2.44. The number of benzene rings is 2. The summed E-state index contributed by atoms with van der Waals surface area (Å²) in [6.45, 7) is 1.77. The number of hydrogen-bond donors (Lipinski definition) is 2. The topological polar surface area (TPSA) is 58.6 Å². The van der Waals surface area contributed by atoms with Crippen molar-refractivity contribution in [3.8, 4) is 11.5 Å². The Morgan fingerprint density at radius 2 is 1.90 bits per heavy atom. The molecule has 110 valence electrons. The quantitative estimate of drug-likeness (QED) is 0.777. The smallest absolute Gasteiger partial charge is 0.255 e. The number of aromatic hydroxyl groups is 1. The van der Waals surface area contributed by atoms with E-state index in [-0.39, 0.29) is 11.7 Å². The van der Waals surface area contributed by atoms with Crippen LogP contribution in [-0.4, -0.2) is 18.1 Å². The molecular formula is C15H13Br2NO3. The van der Waals surface area contributed by atoms with E-state index in [2.05, 4.69) is 37.2 Å². The second-order valence-corrected chi connectivity index (χ2v) is 6.13. The first-order chi connectivity index (χ1) is 9.92. The van der Waals surface area contributed by atoms with Gasteiger partial charge in [0.1, 0.15) is 11.5 Å². The normalized spacial score (nSPS) is 10.3. The van der Waals surface area contributed by atoms with E-state index < -0.39 is 0 Å². The fourth-order valence-electron chi connectivity index (χ4n) is 1.73. The standard InChI is InChI=1S/C15H13Br2NO3/c1-8-3-4-9(5-13(8)19)15(20)18-12-7-14(21-2)11(17)6-10(12)16/h3-7,19H,1-2H3,(H,18,20). The molecule has 0 atom stereocenters. The van der Waals surface area contributed by atoms with Crippen LogP contribution in [0.25, 0.3) is 0 Å². The number of carbonyl (C=O) groups is 1. The maximum atomic E-state index is 12.2. The number of halogens is 2. The second-order valence-electron chi connectivity index (χ2n) is 4.42. The molecule has 0 fully saturated rings. The van der Waals surface area contributed by atoms with Gasteiger partial charge in [0.15, 0.2) is 0 Å². The molecule has 21 heavy (non-hydrogen) atoms. The summed E-state index contributed by atoms with van der Waals surface area (Å²) in [6, 6.07) is 8.30. The van der Waals surface area contributed by atoms with E-state index in [1.807, 2.05) is 0 Å². The van der Waals surface area contributed by atoms with Crippen molar-refractivity contribution < 1.29 is 14.6 Å². The van der Waals surface area contributed by atoms with Crippen molar-refractivity contribution in [3.05, 3.63) is 50.4 Å². The van der Waals surface area contributed by atoms with E-state index >= 15 is 0 Å². The van der Waals surface area contributed by atoms with Crippen molar-refractivity contribution >= 4 is 43.5 Å². The molecule has 0 radical (unpaired) electrons. The first-order valence-electron chi connectivity index (χ1n) is 6.06. The van der Waals surface area contributed by atoms with Crippen LogP contribution >= 0.6 is 31.9 Å². The Morgan fingerprint density at radius 3 is 2.52 bits per heavy atom. The number of amides is 1. The molecule has 0 aromatic heterocycles. The Morgan fingerprint density at radius 1 is 1.19 bits per heavy atom. The molecule has 0 aliphatic heterocycles. The van der Waals surface area contributed by atoms with Crippen LogP contribution in [0.3, 0.4) is 0 Å². The lowest BCUT2D eigenvalue weighted by Gasteiger charge is -2.11. The molecule has 0 saturated carbocycles. The molecule has 2 aromatic carbocycles. The number of nitrogens with one attached hydrogen (secondary N) is 1. The third kappa shape index (κ3) is 3.57. The van der Waals surface area contributed by atoms with Crippen LogP contribution in [0.4, 0.5) is 5.69 Å². The summed E-state index contributed by atoms with van der Waals surface area (Å²) in [4.78, 5) is 12.2. The summed E-state index contributed by atoms with van der Waals surface area (Å²) in [7, 11) is 1.55. The van der Waals surface area contributed by atoms with E-state index in [0.717, 1.165) is 14.5 Å². The number of phenols is 1. The van der Waals surface area contributed by atoms with Gasteiger partial charge in [-0.3, -0.25) is 4.79 Å². The summed E-state index contributed by atoms with van der Waals surface area (Å²) in [5.41, 5.74) is 1.69. The molecular weight excluding hydrogens is 402 g/mol. The van der Waals surface area contributed by atoms with Crippen LogP contribution in [-0.2, 0) is 0 Å². The molecule has 6 heteroatoms. The third-order valence-electron chi connectivity index (χ3n) is 2.96. The van der Waals surface area contributed by atoms with E-state index in [9.17, 15) is 9.90 Å². The number of methoxy groups -OCH3 is 1. The highest BCUT2D eigenvalue weighted by Crippen LogP contribution is 2.34. The first-order valence-corrected chi connectivity index (χ1v) is 7.65. The van der Waals surface area contributed by atoms with Gasteiger partial charge in [0, 0.05) is 16.1 Å². The number of rotatable bonds is 3. The highest BCUT2D eigenvalue weighted by molar-refractivity contribution is 9.11. The van der Waals surface area contributed by atoms with Gasteiger partial charge >= 0.3 is 0 Å². The van der Waals surface area contributed by atoms with Crippen molar-refractivity contribution in [2.45, 2.75) is 6.92 Å². The zero-order chi connectivity index (χ0) is 15.6. The predicted molar refractivity (Wildman–Crippen MR) is 89.2 cm³/mol. The molecule has 0 saturated heterocycles. The minimum Gasteiger partial charge on any atom is -0.508 e. The lowest BCUT2D eigenvalue weighted by atomic mass is 10.1. The maximum Gasteiger partial charge on any atom is 0.255 e. The summed E-state index contributed by atoms with van der Waals surface area (Å²) in [5.74, 6) is 0.394. The third-order valence-corrected chi connectivity index (χ3v) is 4.24. The number of aryl methyl sites for hydroxylation is 1. The van der Waals surface area contributed by atoms with E-state index in [1.54, 1.807) is 38.3 Å². The second kappa shape index (κ2) is 6.49. The zero-order valence-electron chi connectivity index (χ0n) is 11.4. The van der Waals surface area contributed by atoms with E-state index in [1.165, 1.54) is 6.07 Å². The molecule has 2 aromatic rings. The summed E-state index contributed by atoms with van der Waals surface area (Å²) >= 11 is 6.76. The van der Waals surface area contributed by atoms with Crippen LogP contribution in [0.5, 0.6) is 11.5 Å². The first kappa shape index (κ1) is 15.9. The molecule has 2 N–H and O–H groups in total. The zero-order valence-corrected chi connectivity index (χ0v) is 14.6. The minimum atomic E-state index is -0.310. The monoisotopic (exact) mass is 413 g/mol. The van der Waals surface area contributed by atoms with Crippen LogP contribution in [0.15, 0.2) is 39.3 Å². The Kier molecular flexibility index (Phi) is 4.90. The molecule has 0 aliphatic rings. The van der Waals surface area contributed by atoms with Gasteiger partial charge in [-0.05, 0) is 62.5 Å². The van der Waals surface area contributed by atoms with Crippen molar-refractivity contribution in [2.24, 2.45) is 0 Å². The Bertz CT molecular complexity index is 702. The fraction of sp³-hybridized carbons (Fsp3) is 0.133. The molecule has 0 aliphatic carbocycles. The average molecular weight is 415 g/mol. The number of carbonyl (C=O) groups excluding carboxylic acids is 1. The van der Waals surface area contributed by atoms with Gasteiger partial charge in [0.2, 0.25) is 0 Å². The van der Waals surface area contributed by atoms with Crippen LogP contribution < -0.4 is 10.1 Å². The van der Waals surface area contributed by atoms with Crippen LogP contribution in [0, 0.1) is 6.92 Å². The number of ether oxygens (including phenoxy) is 1. The highest BCUT2D eigenvalue weighted by atomic mass is 79.9. The Balaban J connectivity index is 2.29. The SMILES string of the molecule is COc1cc(NC(=O)c2ccc(C)c(O)c2)c(Br)cc1Br. The van der Waals surface area contributed by atoms with Crippen molar-refractivity contribution in [1.82, 2.24) is 0 Å². The van der Waals surface area contributed by atoms with Gasteiger partial charge < -0.3 is 15.2 Å². The van der Waals surface area contributed by atoms with Gasteiger partial charge in [-0.15, -0.1) is 0 Å². The minimum absolute atomic E-state index is 0.0927. The van der Waals surface area contributed by atoms with Crippen molar-refractivity contribution in [2.75, 3.05) is 12.4 Å². The van der Waals surface area contributed by atoms with Crippen LogP contribution in [0.1, 0.15) is 15.9 Å². The van der Waals surface area contributed by atoms with Crippen molar-refractivity contribution in [1.29, 1.82) is 0 Å². The molecule has 0 unspecified atom stereocenters. The lowest BCUT2D eigenvalue weighted by Crippen LogP contribution is -2.12. The Labute approximate surface area is 139 Å². The summed E-state index contributed by atoms with van der Waals surface area (Å²) in [6.07, 6.45) is 0. The highest BCUT2D eigenvalue weighted by Gasteiger charge is 2.12. The maximum absolute atomic E-state index is 12.2. The fourth-order valence-corrected chi connectivity index (χ4v) is 2.98. The van der Waals surface area contributed by atoms with E-state index in [4.69, 9.17) is 4.74 Å².